The maximum absolute atomic E-state index is 15.9. The highest BCUT2D eigenvalue weighted by Crippen LogP contribution is 2.74. The Morgan fingerprint density at radius 3 is 1.40 bits per heavy atom. The molecule has 0 radical (unpaired) electrons. The third kappa shape index (κ3) is 3.67. The predicted octanol–water partition coefficient (Wildman–Crippen LogP) is 7.23. The predicted molar refractivity (Wildman–Crippen MR) is 179 cm³/mol. The number of benzene rings is 5. The minimum atomic E-state index is -1.54. The molecule has 4 atom stereocenters. The van der Waals surface area contributed by atoms with Gasteiger partial charge in [0, 0.05) is 0 Å². The van der Waals surface area contributed by atoms with Crippen molar-refractivity contribution >= 4 is 52.0 Å². The fraction of sp³-hybridized carbons (Fsp3) is 0.100. The zero-order valence-corrected chi connectivity index (χ0v) is 25.6. The van der Waals surface area contributed by atoms with Gasteiger partial charge in [0.15, 0.2) is 5.78 Å². The van der Waals surface area contributed by atoms with E-state index in [4.69, 9.17) is 11.6 Å². The van der Waals surface area contributed by atoms with Gasteiger partial charge in [-0.2, -0.15) is 0 Å². The molecule has 2 fully saturated rings. The molecule has 5 aromatic carbocycles. The van der Waals surface area contributed by atoms with E-state index in [0.717, 1.165) is 16.0 Å². The van der Waals surface area contributed by atoms with Gasteiger partial charge < -0.3 is 5.11 Å². The second-order valence-electron chi connectivity index (χ2n) is 12.1. The van der Waals surface area contributed by atoms with E-state index in [9.17, 15) is 9.90 Å². The van der Waals surface area contributed by atoms with Gasteiger partial charge in [0.05, 0.1) is 38.9 Å². The van der Waals surface area contributed by atoms with Crippen LogP contribution in [-0.2, 0) is 25.2 Å². The Morgan fingerprint density at radius 2 is 1.00 bits per heavy atom. The SMILES string of the molecule is O=C(O)c1cc(N2C(=O)[C@H]3[C@H](C2=O)[C@]2(c4ccccc4)C(=O)[C@]3(c3ccccc3)C(c3ccccc3)=C2c2ccccc2)ccc1Cl. The largest absolute Gasteiger partial charge is 0.478 e. The summed E-state index contributed by atoms with van der Waals surface area (Å²) in [7, 11) is 0. The van der Waals surface area contributed by atoms with Gasteiger partial charge in [-0.15, -0.1) is 0 Å². The highest BCUT2D eigenvalue weighted by molar-refractivity contribution is 6.39. The van der Waals surface area contributed by atoms with E-state index in [1.54, 1.807) is 0 Å². The number of ketones is 1. The van der Waals surface area contributed by atoms with Gasteiger partial charge in [-0.25, -0.2) is 9.69 Å². The van der Waals surface area contributed by atoms with E-state index < -0.39 is 40.4 Å². The quantitative estimate of drug-likeness (QED) is 0.199. The number of Topliss-reactive ketones (excluding diaryl/α,β-unsaturated/α-hetero) is 1. The fourth-order valence-corrected chi connectivity index (χ4v) is 8.60. The molecule has 47 heavy (non-hydrogen) atoms. The summed E-state index contributed by atoms with van der Waals surface area (Å²) in [6.07, 6.45) is 0. The van der Waals surface area contributed by atoms with Gasteiger partial charge >= 0.3 is 5.97 Å². The summed E-state index contributed by atoms with van der Waals surface area (Å²) in [6.45, 7) is 0. The molecule has 228 valence electrons. The van der Waals surface area contributed by atoms with Crippen molar-refractivity contribution in [2.24, 2.45) is 11.8 Å². The molecule has 2 aliphatic carbocycles. The summed E-state index contributed by atoms with van der Waals surface area (Å²) >= 11 is 6.20. The van der Waals surface area contributed by atoms with E-state index in [-0.39, 0.29) is 22.1 Å². The van der Waals surface area contributed by atoms with Crippen molar-refractivity contribution in [2.45, 2.75) is 10.8 Å². The van der Waals surface area contributed by atoms with Gasteiger partial charge in [-0.1, -0.05) is 133 Å². The van der Waals surface area contributed by atoms with Crippen LogP contribution >= 0.6 is 11.6 Å². The molecule has 1 saturated heterocycles. The average molecular weight is 636 g/mol. The van der Waals surface area contributed by atoms with Gasteiger partial charge in [0.25, 0.3) is 0 Å². The molecule has 1 saturated carbocycles. The Kier molecular flexibility index (Phi) is 6.43. The number of aromatic carboxylic acids is 1. The molecule has 8 rings (SSSR count). The number of fused-ring (bicyclic) bond motifs is 5. The maximum atomic E-state index is 15.9. The van der Waals surface area contributed by atoms with Crippen LogP contribution in [0, 0.1) is 11.8 Å². The maximum Gasteiger partial charge on any atom is 0.337 e. The lowest BCUT2D eigenvalue weighted by Gasteiger charge is -2.39. The van der Waals surface area contributed by atoms with Crippen LogP contribution < -0.4 is 4.90 Å². The van der Waals surface area contributed by atoms with Crippen molar-refractivity contribution in [1.82, 2.24) is 0 Å². The summed E-state index contributed by atoms with van der Waals surface area (Å²) in [5.74, 6) is -4.86. The first kappa shape index (κ1) is 28.9. The second-order valence-corrected chi connectivity index (χ2v) is 12.5. The molecule has 0 spiro atoms. The van der Waals surface area contributed by atoms with Crippen molar-refractivity contribution in [2.75, 3.05) is 4.90 Å². The van der Waals surface area contributed by atoms with Gasteiger partial charge in [0.2, 0.25) is 11.8 Å². The first-order valence-electron chi connectivity index (χ1n) is 15.3. The van der Waals surface area contributed by atoms with Crippen LogP contribution in [0.3, 0.4) is 0 Å². The Hall–Kier alpha value is -5.59. The van der Waals surface area contributed by atoms with Crippen LogP contribution in [0.25, 0.3) is 11.1 Å². The van der Waals surface area contributed by atoms with E-state index >= 15 is 14.4 Å². The standard InChI is InChI=1S/C40H26ClNO5/c41-30-22-21-28(23-29(30)37(45)46)42-35(43)33-34(36(42)44)40(27-19-11-4-12-20-27)32(25-15-7-2-8-16-25)31(24-13-5-1-6-14-24)39(33,38(40)47)26-17-9-3-10-18-26/h1-23,33-34H,(H,45,46)/t33-,34-,39-,40-/m1/s1. The Morgan fingerprint density at radius 1 is 0.596 bits per heavy atom. The van der Waals surface area contributed by atoms with Gasteiger partial charge in [-0.05, 0) is 51.6 Å². The molecule has 2 bridgehead atoms. The number of imide groups is 1. The molecule has 1 N–H and O–H groups in total. The number of hydrogen-bond donors (Lipinski definition) is 1. The molecule has 0 aromatic heterocycles. The summed E-state index contributed by atoms with van der Waals surface area (Å²) in [4.78, 5) is 59.0. The number of allylic oxidation sites excluding steroid dienone is 2. The molecule has 1 heterocycles. The summed E-state index contributed by atoms with van der Waals surface area (Å²) in [5.41, 5.74) is 0.945. The molecular weight excluding hydrogens is 610 g/mol. The van der Waals surface area contributed by atoms with Crippen LogP contribution in [0.5, 0.6) is 0 Å². The van der Waals surface area contributed by atoms with Crippen LogP contribution in [0.2, 0.25) is 5.02 Å². The molecule has 0 unspecified atom stereocenters. The topological polar surface area (TPSA) is 91.8 Å². The number of anilines is 1. The van der Waals surface area contributed by atoms with E-state index in [1.165, 1.54) is 18.2 Å². The molecular formula is C40H26ClNO5. The number of carbonyl (C=O) groups is 4. The lowest BCUT2D eigenvalue weighted by atomic mass is 9.59. The van der Waals surface area contributed by atoms with Gasteiger partial charge in [0.1, 0.15) is 0 Å². The summed E-state index contributed by atoms with van der Waals surface area (Å²) < 4.78 is 0. The van der Waals surface area contributed by atoms with E-state index in [0.29, 0.717) is 22.3 Å². The molecule has 3 aliphatic rings. The van der Waals surface area contributed by atoms with Crippen LogP contribution in [-0.4, -0.2) is 28.7 Å². The summed E-state index contributed by atoms with van der Waals surface area (Å²) in [5, 5.41) is 9.81. The first-order valence-corrected chi connectivity index (χ1v) is 15.6. The van der Waals surface area contributed by atoms with Gasteiger partial charge in [-0.3, -0.25) is 14.4 Å². The number of carboxylic acid groups (broad SMARTS) is 1. The van der Waals surface area contributed by atoms with Crippen molar-refractivity contribution in [3.8, 4) is 0 Å². The van der Waals surface area contributed by atoms with E-state index in [2.05, 4.69) is 0 Å². The minimum absolute atomic E-state index is 0.0170. The highest BCUT2D eigenvalue weighted by atomic mass is 35.5. The molecule has 1 aliphatic heterocycles. The van der Waals surface area contributed by atoms with Crippen molar-refractivity contribution in [1.29, 1.82) is 0 Å². The Balaban J connectivity index is 1.53. The molecule has 5 aromatic rings. The van der Waals surface area contributed by atoms with Crippen LogP contribution in [0.4, 0.5) is 5.69 Å². The molecule has 6 nitrogen and oxygen atoms in total. The van der Waals surface area contributed by atoms with E-state index in [1.807, 2.05) is 121 Å². The monoisotopic (exact) mass is 635 g/mol. The highest BCUT2D eigenvalue weighted by Gasteiger charge is 2.82. The minimum Gasteiger partial charge on any atom is -0.478 e. The fourth-order valence-electron chi connectivity index (χ4n) is 8.40. The molecule has 7 heteroatoms. The third-order valence-corrected chi connectivity index (χ3v) is 10.3. The first-order chi connectivity index (χ1) is 22.8. The average Bonchev–Trinajstić information content (AvgIpc) is 3.62. The number of hydrogen-bond acceptors (Lipinski definition) is 4. The second kappa shape index (κ2) is 10.5. The smallest absolute Gasteiger partial charge is 0.337 e. The number of halogens is 1. The normalized spacial score (nSPS) is 24.6. The lowest BCUT2D eigenvalue weighted by molar-refractivity contribution is -0.130. The number of carboxylic acids is 1. The van der Waals surface area contributed by atoms with Crippen molar-refractivity contribution in [3.05, 3.63) is 172 Å². The number of nitrogens with zero attached hydrogens (tertiary/aromatic N) is 1. The Labute approximate surface area is 275 Å². The zero-order chi connectivity index (χ0) is 32.5. The Bertz CT molecular complexity index is 2030. The molecule has 2 amide bonds. The third-order valence-electron chi connectivity index (χ3n) is 10.0. The number of rotatable bonds is 6. The summed E-state index contributed by atoms with van der Waals surface area (Å²) in [6, 6.07) is 41.8. The van der Waals surface area contributed by atoms with Crippen molar-refractivity contribution < 1.29 is 24.3 Å². The zero-order valence-electron chi connectivity index (χ0n) is 24.8. The van der Waals surface area contributed by atoms with Crippen LogP contribution in [0.1, 0.15) is 32.6 Å². The number of carbonyl (C=O) groups excluding carboxylic acids is 3. The number of amides is 2. The lowest BCUT2D eigenvalue weighted by Crippen LogP contribution is -2.45. The van der Waals surface area contributed by atoms with Crippen LogP contribution in [0.15, 0.2) is 140 Å². The van der Waals surface area contributed by atoms with Crippen molar-refractivity contribution in [3.63, 3.8) is 0 Å².